The van der Waals surface area contributed by atoms with Crippen LogP contribution in [0, 0.1) is 0 Å². The number of morpholine rings is 1. The molecule has 3 aromatic heterocycles. The lowest BCUT2D eigenvalue weighted by atomic mass is 10.2. The van der Waals surface area contributed by atoms with E-state index in [0.29, 0.717) is 11.9 Å². The van der Waals surface area contributed by atoms with Crippen molar-refractivity contribution in [2.45, 2.75) is 19.5 Å². The molecular formula is C16H17ClN4OS. The normalized spacial score (nSPS) is 18.7. The summed E-state index contributed by atoms with van der Waals surface area (Å²) < 4.78 is 8.77. The van der Waals surface area contributed by atoms with E-state index in [1.165, 1.54) is 5.56 Å². The Bertz CT molecular complexity index is 817. The summed E-state index contributed by atoms with van der Waals surface area (Å²) in [6.07, 6.45) is 4.11. The van der Waals surface area contributed by atoms with E-state index in [0.717, 1.165) is 35.7 Å². The van der Waals surface area contributed by atoms with Gasteiger partial charge in [0.25, 0.3) is 0 Å². The fourth-order valence-electron chi connectivity index (χ4n) is 2.94. The van der Waals surface area contributed by atoms with Crippen LogP contribution in [0.5, 0.6) is 0 Å². The average Bonchev–Trinajstić information content (AvgIpc) is 3.18. The van der Waals surface area contributed by atoms with Crippen LogP contribution in [-0.4, -0.2) is 40.3 Å². The van der Waals surface area contributed by atoms with E-state index in [9.17, 15) is 0 Å². The van der Waals surface area contributed by atoms with Gasteiger partial charge in [0, 0.05) is 31.0 Å². The third-order valence-electron chi connectivity index (χ3n) is 4.10. The summed E-state index contributed by atoms with van der Waals surface area (Å²) in [5.41, 5.74) is 2.13. The van der Waals surface area contributed by atoms with Gasteiger partial charge in [0.1, 0.15) is 0 Å². The van der Waals surface area contributed by atoms with Crippen LogP contribution < -0.4 is 4.90 Å². The van der Waals surface area contributed by atoms with Crippen molar-refractivity contribution in [1.29, 1.82) is 0 Å². The van der Waals surface area contributed by atoms with Crippen molar-refractivity contribution in [3.8, 4) is 0 Å². The monoisotopic (exact) mass is 348 g/mol. The Balaban J connectivity index is 1.78. The molecule has 0 aromatic carbocycles. The van der Waals surface area contributed by atoms with Gasteiger partial charge in [-0.25, -0.2) is 4.98 Å². The molecule has 23 heavy (non-hydrogen) atoms. The first kappa shape index (κ1) is 14.9. The van der Waals surface area contributed by atoms with Gasteiger partial charge < -0.3 is 14.2 Å². The summed E-state index contributed by atoms with van der Waals surface area (Å²) >= 11 is 7.91. The fourth-order valence-corrected chi connectivity index (χ4v) is 4.11. The van der Waals surface area contributed by atoms with Crippen molar-refractivity contribution in [2.24, 2.45) is 0 Å². The van der Waals surface area contributed by atoms with Crippen LogP contribution in [0.2, 0.25) is 5.28 Å². The summed E-state index contributed by atoms with van der Waals surface area (Å²) in [5.74, 6) is 0.930. The second-order valence-corrected chi connectivity index (χ2v) is 6.95. The molecule has 1 aliphatic rings. The number of hydrogen-bond acceptors (Lipinski definition) is 5. The lowest BCUT2D eigenvalue weighted by molar-refractivity contribution is 0.0987. The van der Waals surface area contributed by atoms with Crippen LogP contribution in [0.15, 0.2) is 29.9 Å². The number of fused-ring (bicyclic) bond motifs is 1. The Labute approximate surface area is 143 Å². The molecular weight excluding hydrogens is 332 g/mol. The molecule has 0 saturated carbocycles. The topological polar surface area (TPSA) is 43.2 Å². The molecule has 1 atom stereocenters. The molecule has 4 rings (SSSR count). The van der Waals surface area contributed by atoms with Crippen molar-refractivity contribution in [1.82, 2.24) is 14.5 Å². The second-order valence-electron chi connectivity index (χ2n) is 5.73. The number of rotatable bonds is 3. The smallest absolute Gasteiger partial charge is 0.224 e. The first-order chi connectivity index (χ1) is 11.2. The maximum Gasteiger partial charge on any atom is 0.224 e. The summed E-state index contributed by atoms with van der Waals surface area (Å²) in [7, 11) is 0. The maximum atomic E-state index is 6.22. The zero-order valence-electron chi connectivity index (χ0n) is 12.8. The Morgan fingerprint density at radius 3 is 2.96 bits per heavy atom. The molecule has 3 aromatic rings. The summed E-state index contributed by atoms with van der Waals surface area (Å²) in [4.78, 5) is 11.3. The number of aromatic nitrogens is 3. The molecule has 0 radical (unpaired) electrons. The van der Waals surface area contributed by atoms with Crippen molar-refractivity contribution in [2.75, 3.05) is 24.7 Å². The highest BCUT2D eigenvalue weighted by Crippen LogP contribution is 2.34. The van der Waals surface area contributed by atoms with Crippen LogP contribution in [0.3, 0.4) is 0 Å². The maximum absolute atomic E-state index is 6.22. The summed E-state index contributed by atoms with van der Waals surface area (Å²) in [6.45, 7) is 5.20. The minimum absolute atomic E-state index is 0.285. The quantitative estimate of drug-likeness (QED) is 0.680. The first-order valence-corrected chi connectivity index (χ1v) is 8.87. The molecule has 0 aliphatic carbocycles. The van der Waals surface area contributed by atoms with Crippen LogP contribution in [0.25, 0.3) is 10.2 Å². The molecule has 1 saturated heterocycles. The van der Waals surface area contributed by atoms with E-state index in [1.54, 1.807) is 11.3 Å². The van der Waals surface area contributed by atoms with Gasteiger partial charge in [0.2, 0.25) is 5.28 Å². The number of ether oxygens (including phenoxy) is 1. The predicted molar refractivity (Wildman–Crippen MR) is 93.6 cm³/mol. The van der Waals surface area contributed by atoms with E-state index in [4.69, 9.17) is 16.3 Å². The standard InChI is InChI=1S/C16H17ClN4OS/c1-11-9-22-7-6-21(11)15-14-13(18-16(17)19-15)12(10-23-14)8-20-4-2-3-5-20/h2-5,10-11H,6-9H2,1H3/t11-/m1/s1. The number of thiophene rings is 1. The van der Waals surface area contributed by atoms with E-state index in [1.807, 2.05) is 12.1 Å². The SMILES string of the molecule is C[C@@H]1COCCN1c1nc(Cl)nc2c(Cn3cccc3)csc12. The van der Waals surface area contributed by atoms with Gasteiger partial charge in [-0.05, 0) is 36.0 Å². The van der Waals surface area contributed by atoms with Gasteiger partial charge in [-0.2, -0.15) is 4.98 Å². The Morgan fingerprint density at radius 2 is 2.17 bits per heavy atom. The number of nitrogens with zero attached hydrogens (tertiary/aromatic N) is 4. The van der Waals surface area contributed by atoms with Crippen molar-refractivity contribution < 1.29 is 4.74 Å². The zero-order chi connectivity index (χ0) is 15.8. The minimum atomic E-state index is 0.285. The van der Waals surface area contributed by atoms with Crippen LogP contribution in [0.1, 0.15) is 12.5 Å². The van der Waals surface area contributed by atoms with Gasteiger partial charge >= 0.3 is 0 Å². The lowest BCUT2D eigenvalue weighted by Crippen LogP contribution is -2.44. The number of hydrogen-bond donors (Lipinski definition) is 0. The third-order valence-corrected chi connectivity index (χ3v) is 5.29. The highest BCUT2D eigenvalue weighted by Gasteiger charge is 2.24. The van der Waals surface area contributed by atoms with E-state index in [2.05, 4.69) is 44.1 Å². The molecule has 0 spiro atoms. The molecule has 0 bridgehead atoms. The van der Waals surface area contributed by atoms with Crippen molar-refractivity contribution in [3.63, 3.8) is 0 Å². The van der Waals surface area contributed by atoms with Gasteiger partial charge in [-0.3, -0.25) is 0 Å². The summed E-state index contributed by atoms with van der Waals surface area (Å²) in [6, 6.07) is 4.34. The van der Waals surface area contributed by atoms with Gasteiger partial charge in [-0.1, -0.05) is 0 Å². The third kappa shape index (κ3) is 2.82. The molecule has 1 fully saturated rings. The molecule has 0 N–H and O–H groups in total. The van der Waals surface area contributed by atoms with E-state index >= 15 is 0 Å². The number of halogens is 1. The van der Waals surface area contributed by atoms with Gasteiger partial charge in [0.05, 0.1) is 29.5 Å². The lowest BCUT2D eigenvalue weighted by Gasteiger charge is -2.34. The molecule has 0 unspecified atom stereocenters. The van der Waals surface area contributed by atoms with Crippen LogP contribution >= 0.6 is 22.9 Å². The predicted octanol–water partition coefficient (Wildman–Crippen LogP) is 3.42. The minimum Gasteiger partial charge on any atom is -0.377 e. The zero-order valence-corrected chi connectivity index (χ0v) is 14.3. The fraction of sp³-hybridized carbons (Fsp3) is 0.375. The second kappa shape index (κ2) is 6.11. The molecule has 1 aliphatic heterocycles. The molecule has 4 heterocycles. The Kier molecular flexibility index (Phi) is 3.97. The molecule has 5 nitrogen and oxygen atoms in total. The summed E-state index contributed by atoms with van der Waals surface area (Å²) in [5, 5.41) is 2.46. The van der Waals surface area contributed by atoms with Crippen molar-refractivity contribution >= 4 is 39.0 Å². The van der Waals surface area contributed by atoms with Crippen LogP contribution in [0.4, 0.5) is 5.82 Å². The van der Waals surface area contributed by atoms with E-state index in [-0.39, 0.29) is 6.04 Å². The Hall–Kier alpha value is -1.63. The Morgan fingerprint density at radius 1 is 1.35 bits per heavy atom. The largest absolute Gasteiger partial charge is 0.377 e. The molecule has 7 heteroatoms. The molecule has 120 valence electrons. The van der Waals surface area contributed by atoms with Gasteiger partial charge in [-0.15, -0.1) is 11.3 Å². The van der Waals surface area contributed by atoms with E-state index < -0.39 is 0 Å². The highest BCUT2D eigenvalue weighted by atomic mass is 35.5. The highest BCUT2D eigenvalue weighted by molar-refractivity contribution is 7.18. The average molecular weight is 349 g/mol. The van der Waals surface area contributed by atoms with Gasteiger partial charge in [0.15, 0.2) is 5.82 Å². The number of anilines is 1. The molecule has 0 amide bonds. The van der Waals surface area contributed by atoms with Crippen LogP contribution in [-0.2, 0) is 11.3 Å². The first-order valence-electron chi connectivity index (χ1n) is 7.61. The van der Waals surface area contributed by atoms with Crippen molar-refractivity contribution in [3.05, 3.63) is 40.8 Å².